The summed E-state index contributed by atoms with van der Waals surface area (Å²) in [5.41, 5.74) is 7.59. The number of nitrogens with zero attached hydrogens (tertiary/aromatic N) is 3. The summed E-state index contributed by atoms with van der Waals surface area (Å²) in [6.45, 7) is 15.4. The van der Waals surface area contributed by atoms with E-state index in [0.717, 1.165) is 61.2 Å². The van der Waals surface area contributed by atoms with Crippen LogP contribution in [0.15, 0.2) is 120 Å². The minimum Gasteiger partial charge on any atom is -0.748 e. The molecule has 0 unspecified atom stereocenters. The van der Waals surface area contributed by atoms with E-state index in [9.17, 15) is 30.7 Å². The fraction of sp³-hybridized carbons (Fsp3) is 0.412. The Bertz CT molecular complexity index is 2900. The number of benzene rings is 4. The van der Waals surface area contributed by atoms with Gasteiger partial charge < -0.3 is 14.2 Å². The summed E-state index contributed by atoms with van der Waals surface area (Å²) in [5, 5.41) is 4.54. The van der Waals surface area contributed by atoms with Crippen molar-refractivity contribution in [2.45, 2.75) is 103 Å². The molecule has 13 heteroatoms. The zero-order chi connectivity index (χ0) is 46.4. The number of hydrogen-bond donors (Lipinski definition) is 1. The molecule has 0 fully saturated rings. The smallest absolute Gasteiger partial charge is 0.414 e. The predicted octanol–water partition coefficient (Wildman–Crippen LogP) is 10.4. The maximum atomic E-state index is 13.9. The molecule has 0 spiro atoms. The zero-order valence-corrected chi connectivity index (χ0v) is 39.9. The molecular formula is C51H61N3O8S2. The summed E-state index contributed by atoms with van der Waals surface area (Å²) < 4.78 is 75.4. The second-order valence-corrected chi connectivity index (χ2v) is 22.3. The lowest BCUT2D eigenvalue weighted by Crippen LogP contribution is -2.34. The van der Waals surface area contributed by atoms with Crippen LogP contribution < -0.4 is 4.90 Å². The maximum Gasteiger partial charge on any atom is 0.414 e. The number of carbonyl (C=O) groups excluding carboxylic acids is 1. The van der Waals surface area contributed by atoms with E-state index in [2.05, 4.69) is 110 Å². The van der Waals surface area contributed by atoms with Gasteiger partial charge in [0.25, 0.3) is 10.1 Å². The van der Waals surface area contributed by atoms with Gasteiger partial charge in [0.2, 0.25) is 5.69 Å². The van der Waals surface area contributed by atoms with Crippen molar-refractivity contribution in [2.24, 2.45) is 0 Å². The molecule has 0 atom stereocenters. The van der Waals surface area contributed by atoms with Crippen molar-refractivity contribution in [3.63, 3.8) is 0 Å². The molecule has 0 radical (unpaired) electrons. The van der Waals surface area contributed by atoms with Gasteiger partial charge in [0.05, 0.1) is 27.0 Å². The van der Waals surface area contributed by atoms with Crippen LogP contribution in [-0.2, 0) is 35.8 Å². The Morgan fingerprint density at radius 1 is 0.812 bits per heavy atom. The summed E-state index contributed by atoms with van der Waals surface area (Å²) in [4.78, 5) is 17.8. The highest BCUT2D eigenvalue weighted by molar-refractivity contribution is 7.85. The fourth-order valence-electron chi connectivity index (χ4n) is 9.90. The molecule has 1 amide bonds. The van der Waals surface area contributed by atoms with Crippen molar-refractivity contribution >= 4 is 65.0 Å². The molecule has 4 aromatic carbocycles. The first-order valence-corrected chi connectivity index (χ1v) is 25.3. The number of amides is 1. The first-order valence-electron chi connectivity index (χ1n) is 22.1. The Labute approximate surface area is 379 Å². The monoisotopic (exact) mass is 907 g/mol. The Balaban J connectivity index is 1.33. The Kier molecular flexibility index (Phi) is 13.0. The summed E-state index contributed by atoms with van der Waals surface area (Å²) >= 11 is 0. The quantitative estimate of drug-likeness (QED) is 0.0742. The number of allylic oxidation sites excluding steroid dienone is 7. The Morgan fingerprint density at radius 3 is 2.08 bits per heavy atom. The van der Waals surface area contributed by atoms with Gasteiger partial charge in [-0.1, -0.05) is 80.6 Å². The molecule has 1 N–H and O–H groups in total. The number of unbranched alkanes of at least 4 members (excludes halogenated alkanes) is 2. The van der Waals surface area contributed by atoms with E-state index in [1.54, 1.807) is 11.9 Å². The standard InChI is InChI=1S/C51H61N3O8S2/c1-49(2,3)62-48(55)52(8)47-37(25-29-43-50(4,5)45-39-19-11-9-17-35(39)23-27-41(45)53(43)31-13-15-33-63(56,57)58)21-22-38(47)26-30-44-51(6,7)46-40-20-12-10-18-36(40)24-28-42(46)54(44)32-14-16-34-64(59,60)61/h9-12,17-20,23-30H,13-16,21-22,31-34H2,1-8H3,(H-,56,57,58,59,60,61). The Morgan fingerprint density at radius 2 is 1.44 bits per heavy atom. The van der Waals surface area contributed by atoms with Gasteiger partial charge in [0.1, 0.15) is 12.1 Å². The van der Waals surface area contributed by atoms with Crippen LogP contribution in [0.2, 0.25) is 0 Å². The number of likely N-dealkylation sites (N-methyl/N-ethyl adjacent to an activating group) is 1. The average Bonchev–Trinajstić information content (AvgIpc) is 3.78. The highest BCUT2D eigenvalue weighted by atomic mass is 32.2. The molecule has 340 valence electrons. The fourth-order valence-corrected chi connectivity index (χ4v) is 11.0. The second kappa shape index (κ2) is 17.7. The van der Waals surface area contributed by atoms with E-state index in [-0.39, 0.29) is 12.2 Å². The van der Waals surface area contributed by atoms with Crippen molar-refractivity contribution in [1.82, 2.24) is 4.90 Å². The van der Waals surface area contributed by atoms with Crippen molar-refractivity contribution < 1.29 is 40.0 Å². The van der Waals surface area contributed by atoms with Crippen LogP contribution in [0, 0.1) is 0 Å². The Hall–Kier alpha value is -5.08. The van der Waals surface area contributed by atoms with Crippen LogP contribution in [0.1, 0.15) is 98.1 Å². The van der Waals surface area contributed by atoms with Gasteiger partial charge in [-0.3, -0.25) is 9.45 Å². The van der Waals surface area contributed by atoms with Crippen LogP contribution in [0.25, 0.3) is 21.5 Å². The molecular weight excluding hydrogens is 847 g/mol. The van der Waals surface area contributed by atoms with Crippen LogP contribution in [0.5, 0.6) is 0 Å². The van der Waals surface area contributed by atoms with E-state index < -0.39 is 48.5 Å². The summed E-state index contributed by atoms with van der Waals surface area (Å²) in [6, 6.07) is 25.1. The number of ether oxygens (including phenoxy) is 1. The first-order chi connectivity index (χ1) is 30.0. The van der Waals surface area contributed by atoms with Crippen molar-refractivity contribution in [1.29, 1.82) is 0 Å². The highest BCUT2D eigenvalue weighted by Gasteiger charge is 2.46. The topological polar surface area (TPSA) is 147 Å². The number of anilines is 1. The third kappa shape index (κ3) is 9.78. The van der Waals surface area contributed by atoms with Crippen molar-refractivity contribution in [2.75, 3.05) is 36.5 Å². The van der Waals surface area contributed by atoms with E-state index in [1.165, 1.54) is 11.1 Å². The molecule has 0 saturated carbocycles. The third-order valence-corrected chi connectivity index (χ3v) is 14.3. The second-order valence-electron chi connectivity index (χ2n) is 19.3. The van der Waals surface area contributed by atoms with Crippen LogP contribution in [0.4, 0.5) is 16.2 Å². The minimum absolute atomic E-state index is 0.252. The molecule has 2 heterocycles. The van der Waals surface area contributed by atoms with Gasteiger partial charge in [-0.15, -0.1) is 0 Å². The van der Waals surface area contributed by atoms with Gasteiger partial charge in [-0.2, -0.15) is 13.0 Å². The molecule has 7 rings (SSSR count). The average molecular weight is 908 g/mol. The molecule has 4 aromatic rings. The zero-order valence-electron chi connectivity index (χ0n) is 38.3. The molecule has 64 heavy (non-hydrogen) atoms. The number of carbonyl (C=O) groups is 1. The number of fused-ring (bicyclic) bond motifs is 6. The van der Waals surface area contributed by atoms with Gasteiger partial charge in [0.15, 0.2) is 5.71 Å². The maximum absolute atomic E-state index is 13.9. The number of rotatable bonds is 14. The summed E-state index contributed by atoms with van der Waals surface area (Å²) in [6.07, 6.45) is 10.9. The normalized spacial score (nSPS) is 18.6. The SMILES string of the molecule is CN(C(=O)OC(C)(C)C)C1=C(/C=C/C2=[N+](CCCCS(=O)(=O)[O-])c3ccc4ccccc4c3C2(C)C)CC/C1=C\C=C1\N(CCCCS(=O)(=O)O)c2ccc3ccccc3c2C1(C)C. The molecule has 0 bridgehead atoms. The molecule has 1 aliphatic carbocycles. The summed E-state index contributed by atoms with van der Waals surface area (Å²) in [5.74, 6) is -0.716. The molecule has 11 nitrogen and oxygen atoms in total. The lowest BCUT2D eigenvalue weighted by molar-refractivity contribution is -0.438. The van der Waals surface area contributed by atoms with E-state index in [4.69, 9.17) is 4.74 Å². The van der Waals surface area contributed by atoms with Crippen molar-refractivity contribution in [3.05, 3.63) is 131 Å². The lowest BCUT2D eigenvalue weighted by Gasteiger charge is -2.28. The van der Waals surface area contributed by atoms with Crippen molar-refractivity contribution in [3.8, 4) is 0 Å². The predicted molar refractivity (Wildman–Crippen MR) is 256 cm³/mol. The summed E-state index contributed by atoms with van der Waals surface area (Å²) in [7, 11) is -6.68. The van der Waals surface area contributed by atoms with E-state index >= 15 is 0 Å². The van der Waals surface area contributed by atoms with Gasteiger partial charge in [-0.25, -0.2) is 13.2 Å². The van der Waals surface area contributed by atoms with E-state index in [1.807, 2.05) is 45.0 Å². The van der Waals surface area contributed by atoms with Gasteiger partial charge in [0, 0.05) is 60.3 Å². The molecule has 2 aliphatic heterocycles. The lowest BCUT2D eigenvalue weighted by atomic mass is 9.79. The third-order valence-electron chi connectivity index (χ3n) is 12.7. The first kappa shape index (κ1) is 46.9. The molecule has 0 saturated heterocycles. The minimum atomic E-state index is -4.34. The highest BCUT2D eigenvalue weighted by Crippen LogP contribution is 2.51. The van der Waals surface area contributed by atoms with Gasteiger partial charge >= 0.3 is 6.09 Å². The van der Waals surface area contributed by atoms with Crippen LogP contribution in [0.3, 0.4) is 0 Å². The van der Waals surface area contributed by atoms with Crippen LogP contribution in [-0.4, -0.2) is 84.5 Å². The molecule has 3 aliphatic rings. The number of hydrogen-bond acceptors (Lipinski definition) is 8. The van der Waals surface area contributed by atoms with Gasteiger partial charge in [-0.05, 0) is 123 Å². The van der Waals surface area contributed by atoms with E-state index in [0.29, 0.717) is 45.2 Å². The van der Waals surface area contributed by atoms with Crippen LogP contribution >= 0.6 is 0 Å². The largest absolute Gasteiger partial charge is 0.748 e. The molecule has 0 aromatic heterocycles.